The Hall–Kier alpha value is -2.33. The van der Waals surface area contributed by atoms with Gasteiger partial charge in [-0.2, -0.15) is 18.4 Å². The first-order chi connectivity index (χ1) is 11.7. The number of aromatic nitrogens is 1. The first kappa shape index (κ1) is 17.5. The van der Waals surface area contributed by atoms with E-state index >= 15 is 0 Å². The summed E-state index contributed by atoms with van der Waals surface area (Å²) in [7, 11) is 0. The van der Waals surface area contributed by atoms with Crippen LogP contribution in [0.2, 0.25) is 5.15 Å². The number of benzene rings is 1. The highest BCUT2D eigenvalue weighted by Crippen LogP contribution is 2.47. The van der Waals surface area contributed by atoms with E-state index < -0.39 is 40.0 Å². The number of rotatable bonds is 3. The van der Waals surface area contributed by atoms with E-state index in [1.54, 1.807) is 0 Å². The zero-order valence-electron chi connectivity index (χ0n) is 12.6. The Bertz CT molecular complexity index is 824. The summed E-state index contributed by atoms with van der Waals surface area (Å²) in [5.74, 6) is -0.839. The summed E-state index contributed by atoms with van der Waals surface area (Å²) < 4.78 is 57.8. The van der Waals surface area contributed by atoms with Gasteiger partial charge in [-0.05, 0) is 23.8 Å². The fourth-order valence-corrected chi connectivity index (χ4v) is 3.17. The summed E-state index contributed by atoms with van der Waals surface area (Å²) in [4.78, 5) is 3.44. The molecule has 1 aromatic heterocycles. The van der Waals surface area contributed by atoms with Crippen molar-refractivity contribution in [3.8, 4) is 11.8 Å². The highest BCUT2D eigenvalue weighted by atomic mass is 35.5. The van der Waals surface area contributed by atoms with Crippen LogP contribution in [-0.2, 0) is 11.6 Å². The summed E-state index contributed by atoms with van der Waals surface area (Å²) in [6.45, 7) is 0. The second-order valence-corrected chi connectivity index (χ2v) is 6.18. The number of halogens is 5. The topological polar surface area (TPSA) is 45.9 Å². The van der Waals surface area contributed by atoms with Crippen molar-refractivity contribution in [2.45, 2.75) is 30.5 Å². The lowest BCUT2D eigenvalue weighted by molar-refractivity contribution is -0.139. The number of pyridine rings is 1. The van der Waals surface area contributed by atoms with E-state index in [4.69, 9.17) is 16.3 Å². The molecule has 1 heterocycles. The Morgan fingerprint density at radius 2 is 1.84 bits per heavy atom. The lowest BCUT2D eigenvalue weighted by Gasteiger charge is -2.42. The number of nitrogens with zero attached hydrogens (tertiary/aromatic N) is 2. The molecular formula is C17H11ClF4N2O. The van der Waals surface area contributed by atoms with Crippen molar-refractivity contribution in [1.82, 2.24) is 4.98 Å². The number of alkyl halides is 3. The molecular weight excluding hydrogens is 360 g/mol. The van der Waals surface area contributed by atoms with Gasteiger partial charge < -0.3 is 4.74 Å². The molecule has 3 rings (SSSR count). The van der Waals surface area contributed by atoms with Crippen LogP contribution in [0.3, 0.4) is 0 Å². The normalized spacial score (nSPS) is 22.8. The Morgan fingerprint density at radius 1 is 1.20 bits per heavy atom. The van der Waals surface area contributed by atoms with E-state index in [-0.39, 0.29) is 12.8 Å². The first-order valence-corrected chi connectivity index (χ1v) is 7.69. The van der Waals surface area contributed by atoms with Crippen LogP contribution in [0, 0.1) is 17.1 Å². The van der Waals surface area contributed by atoms with E-state index in [2.05, 4.69) is 11.1 Å². The number of hydrogen-bond donors (Lipinski definition) is 0. The minimum atomic E-state index is -4.70. The van der Waals surface area contributed by atoms with E-state index in [1.165, 1.54) is 24.3 Å². The standard InChI is InChI=1S/C17H11ClF4N2O/c18-15-14(17(20,21)22)13(5-6-24-15)25-12-7-16(8-12,9-23)10-1-3-11(19)4-2-10/h1-6,12H,7-8H2/t12-,16+. The maximum absolute atomic E-state index is 13.1. The van der Waals surface area contributed by atoms with Gasteiger partial charge in [-0.15, -0.1) is 0 Å². The molecule has 1 fully saturated rings. The highest BCUT2D eigenvalue weighted by Gasteiger charge is 2.48. The van der Waals surface area contributed by atoms with Gasteiger partial charge in [0.15, 0.2) is 0 Å². The molecule has 0 radical (unpaired) electrons. The molecule has 0 amide bonds. The van der Waals surface area contributed by atoms with Gasteiger partial charge in [0, 0.05) is 19.0 Å². The van der Waals surface area contributed by atoms with Crippen LogP contribution in [0.1, 0.15) is 24.0 Å². The maximum atomic E-state index is 13.1. The number of nitriles is 1. The van der Waals surface area contributed by atoms with Gasteiger partial charge in [0.1, 0.15) is 28.4 Å². The van der Waals surface area contributed by atoms with Crippen molar-refractivity contribution in [1.29, 1.82) is 5.26 Å². The van der Waals surface area contributed by atoms with Crippen LogP contribution in [0.15, 0.2) is 36.5 Å². The van der Waals surface area contributed by atoms with Gasteiger partial charge in [-0.1, -0.05) is 23.7 Å². The molecule has 0 bridgehead atoms. The predicted octanol–water partition coefficient (Wildman–Crippen LogP) is 4.90. The highest BCUT2D eigenvalue weighted by molar-refractivity contribution is 6.30. The first-order valence-electron chi connectivity index (χ1n) is 7.31. The maximum Gasteiger partial charge on any atom is 0.422 e. The predicted molar refractivity (Wildman–Crippen MR) is 81.6 cm³/mol. The summed E-state index contributed by atoms with van der Waals surface area (Å²) in [6, 6.07) is 8.74. The van der Waals surface area contributed by atoms with Gasteiger partial charge in [0.25, 0.3) is 0 Å². The summed E-state index contributed by atoms with van der Waals surface area (Å²) in [5.41, 5.74) is -1.42. The summed E-state index contributed by atoms with van der Waals surface area (Å²) in [5, 5.41) is 8.77. The molecule has 1 aromatic carbocycles. The van der Waals surface area contributed by atoms with Crippen molar-refractivity contribution >= 4 is 11.6 Å². The molecule has 0 unspecified atom stereocenters. The molecule has 2 aromatic rings. The van der Waals surface area contributed by atoms with Gasteiger partial charge >= 0.3 is 6.18 Å². The third-order valence-corrected chi connectivity index (χ3v) is 4.49. The van der Waals surface area contributed by atoms with Gasteiger partial charge in [-0.3, -0.25) is 0 Å². The molecule has 1 saturated carbocycles. The quantitative estimate of drug-likeness (QED) is 0.570. The Morgan fingerprint density at radius 3 is 2.40 bits per heavy atom. The molecule has 0 spiro atoms. The van der Waals surface area contributed by atoms with E-state index in [1.807, 2.05) is 0 Å². The van der Waals surface area contributed by atoms with E-state index in [0.717, 1.165) is 12.3 Å². The summed E-state index contributed by atoms with van der Waals surface area (Å²) >= 11 is 5.55. The number of hydrogen-bond acceptors (Lipinski definition) is 3. The molecule has 1 aliphatic carbocycles. The van der Waals surface area contributed by atoms with Crippen molar-refractivity contribution < 1.29 is 22.3 Å². The van der Waals surface area contributed by atoms with Crippen molar-refractivity contribution in [2.24, 2.45) is 0 Å². The minimum absolute atomic E-state index is 0.201. The SMILES string of the molecule is N#C[C@]1(c2ccc(F)cc2)C[C@@H](Oc2ccnc(Cl)c2C(F)(F)F)C1. The van der Waals surface area contributed by atoms with Gasteiger partial charge in [-0.25, -0.2) is 9.37 Å². The molecule has 3 nitrogen and oxygen atoms in total. The molecule has 1 aliphatic rings. The third-order valence-electron chi connectivity index (χ3n) is 4.21. The van der Waals surface area contributed by atoms with Crippen LogP contribution in [0.4, 0.5) is 17.6 Å². The lowest BCUT2D eigenvalue weighted by atomic mass is 9.63. The second-order valence-electron chi connectivity index (χ2n) is 5.82. The van der Waals surface area contributed by atoms with Crippen LogP contribution in [-0.4, -0.2) is 11.1 Å². The monoisotopic (exact) mass is 370 g/mol. The van der Waals surface area contributed by atoms with Crippen LogP contribution < -0.4 is 4.74 Å². The second kappa shape index (κ2) is 6.19. The zero-order chi connectivity index (χ0) is 18.2. The largest absolute Gasteiger partial charge is 0.489 e. The third kappa shape index (κ3) is 3.27. The zero-order valence-corrected chi connectivity index (χ0v) is 13.4. The summed E-state index contributed by atoms with van der Waals surface area (Å²) in [6.07, 6.45) is -3.75. The van der Waals surface area contributed by atoms with Crippen LogP contribution in [0.25, 0.3) is 0 Å². The van der Waals surface area contributed by atoms with Crippen molar-refractivity contribution in [3.63, 3.8) is 0 Å². The molecule has 0 N–H and O–H groups in total. The fraction of sp³-hybridized carbons (Fsp3) is 0.294. The Balaban J connectivity index is 1.79. The average molecular weight is 371 g/mol. The average Bonchev–Trinajstić information content (AvgIpc) is 2.50. The van der Waals surface area contributed by atoms with E-state index in [0.29, 0.717) is 5.56 Å². The molecule has 0 aliphatic heterocycles. The molecule has 0 atom stereocenters. The lowest BCUT2D eigenvalue weighted by Crippen LogP contribution is -2.46. The molecule has 130 valence electrons. The smallest absolute Gasteiger partial charge is 0.422 e. The van der Waals surface area contributed by atoms with Gasteiger partial charge in [0.05, 0.1) is 11.5 Å². The van der Waals surface area contributed by atoms with Crippen LogP contribution in [0.5, 0.6) is 5.75 Å². The van der Waals surface area contributed by atoms with E-state index in [9.17, 15) is 22.8 Å². The Kier molecular flexibility index (Phi) is 4.33. The molecule has 0 saturated heterocycles. The van der Waals surface area contributed by atoms with Gasteiger partial charge in [0.2, 0.25) is 0 Å². The Labute approximate surface area is 145 Å². The van der Waals surface area contributed by atoms with Crippen LogP contribution >= 0.6 is 11.6 Å². The molecule has 25 heavy (non-hydrogen) atoms. The minimum Gasteiger partial charge on any atom is -0.489 e. The van der Waals surface area contributed by atoms with Crippen molar-refractivity contribution in [3.05, 3.63) is 58.6 Å². The number of ether oxygens (including phenoxy) is 1. The fourth-order valence-electron chi connectivity index (χ4n) is 2.92. The molecule has 8 heteroatoms. The van der Waals surface area contributed by atoms with Crippen molar-refractivity contribution in [2.75, 3.05) is 0 Å².